The number of methoxy groups -OCH3 is 1. The van der Waals surface area contributed by atoms with E-state index < -0.39 is 0 Å². The van der Waals surface area contributed by atoms with Crippen molar-refractivity contribution in [2.45, 2.75) is 46.6 Å². The van der Waals surface area contributed by atoms with Gasteiger partial charge in [-0.15, -0.1) is 0 Å². The Hall–Kier alpha value is -4.17. The monoisotopic (exact) mass is 573 g/mol. The summed E-state index contributed by atoms with van der Waals surface area (Å²) in [5, 5.41) is 15.8. The van der Waals surface area contributed by atoms with Crippen molar-refractivity contribution >= 4 is 28.3 Å². The molecule has 3 aromatic rings. The maximum Gasteiger partial charge on any atom is 0.318 e. The highest BCUT2D eigenvalue weighted by Crippen LogP contribution is 2.37. The van der Waals surface area contributed by atoms with Crippen molar-refractivity contribution in [2.75, 3.05) is 69.8 Å². The topological polar surface area (TPSA) is 118 Å². The quantitative estimate of drug-likeness (QED) is 0.467. The van der Waals surface area contributed by atoms with Gasteiger partial charge in [-0.3, -0.25) is 9.89 Å². The summed E-state index contributed by atoms with van der Waals surface area (Å²) in [5.41, 5.74) is 6.92. The number of H-pyrrole nitrogens is 1. The molecular formula is C31H43N9O2. The zero-order valence-corrected chi connectivity index (χ0v) is 25.6. The first-order chi connectivity index (χ1) is 20.3. The van der Waals surface area contributed by atoms with E-state index in [9.17, 15) is 4.79 Å². The largest absolute Gasteiger partial charge is 0.467 e. The van der Waals surface area contributed by atoms with Crippen LogP contribution in [0.25, 0.3) is 10.9 Å². The number of carbonyl (C=O) groups is 1. The standard InChI is InChI=1S/C24H29N7O2.C5H11N.C2H3N/c1-5-21(32)29-8-10-30(11-9-29)23-17-6-7-31(14-20(17)26-24(27-23)33-4)22-16(3)15(2)12-19-18(22)13-25-28-19;1-6-4-2-3-5-6;1-2-3/h5,12-13H,1,6-11,14H2,2-4H3,(H,25,28);2-5H2,1H3;1H3. The average molecular weight is 574 g/mol. The van der Waals surface area contributed by atoms with Gasteiger partial charge in [0.1, 0.15) is 5.82 Å². The Morgan fingerprint density at radius 3 is 2.38 bits per heavy atom. The van der Waals surface area contributed by atoms with Crippen LogP contribution in [-0.4, -0.2) is 95.8 Å². The number of rotatable bonds is 4. The van der Waals surface area contributed by atoms with Crippen molar-refractivity contribution in [1.29, 1.82) is 5.26 Å². The minimum absolute atomic E-state index is 0.0216. The normalized spacial score (nSPS) is 16.5. The highest BCUT2D eigenvalue weighted by molar-refractivity contribution is 5.94. The number of ether oxygens (including phenoxy) is 1. The molecule has 11 heteroatoms. The van der Waals surface area contributed by atoms with Crippen molar-refractivity contribution in [2.24, 2.45) is 0 Å². The van der Waals surface area contributed by atoms with Gasteiger partial charge >= 0.3 is 6.01 Å². The van der Waals surface area contributed by atoms with E-state index in [2.05, 4.69) is 58.4 Å². The molecule has 1 amide bonds. The molecule has 0 radical (unpaired) electrons. The van der Waals surface area contributed by atoms with E-state index in [0.29, 0.717) is 25.6 Å². The van der Waals surface area contributed by atoms with Crippen LogP contribution in [0.5, 0.6) is 6.01 Å². The number of carbonyl (C=O) groups excluding carboxylic acids is 1. The molecule has 0 aliphatic carbocycles. The SMILES string of the molecule is C=CC(=O)N1CCN(c2nc(OC)nc3c2CCN(c2c(C)c(C)cc4[nH]ncc24)C3)CC1.CC#N.CN1CCCC1. The van der Waals surface area contributed by atoms with E-state index in [1.807, 2.05) is 11.1 Å². The molecule has 42 heavy (non-hydrogen) atoms. The second kappa shape index (κ2) is 14.1. The van der Waals surface area contributed by atoms with Gasteiger partial charge in [0.25, 0.3) is 0 Å². The van der Waals surface area contributed by atoms with Crippen LogP contribution in [0.3, 0.4) is 0 Å². The lowest BCUT2D eigenvalue weighted by atomic mass is 9.99. The molecule has 6 rings (SSSR count). The fourth-order valence-electron chi connectivity index (χ4n) is 5.79. The summed E-state index contributed by atoms with van der Waals surface area (Å²) in [5.74, 6) is 0.906. The molecule has 1 aromatic carbocycles. The minimum Gasteiger partial charge on any atom is -0.467 e. The number of likely N-dealkylation sites (tertiary alicyclic amines) is 1. The minimum atomic E-state index is -0.0216. The Kier molecular flexibility index (Phi) is 10.4. The molecule has 1 N–H and O–H groups in total. The van der Waals surface area contributed by atoms with Crippen LogP contribution in [0, 0.1) is 25.2 Å². The number of hydrogen-bond acceptors (Lipinski definition) is 9. The molecular weight excluding hydrogens is 530 g/mol. The fraction of sp³-hybridized carbons (Fsp3) is 0.516. The number of anilines is 2. The van der Waals surface area contributed by atoms with Crippen LogP contribution in [0.4, 0.5) is 11.5 Å². The molecule has 2 saturated heterocycles. The number of nitrogens with one attached hydrogen (secondary N) is 1. The molecule has 3 aliphatic heterocycles. The first kappa shape index (κ1) is 30.8. The predicted molar refractivity (Wildman–Crippen MR) is 166 cm³/mol. The van der Waals surface area contributed by atoms with E-state index in [4.69, 9.17) is 20.0 Å². The third kappa shape index (κ3) is 6.82. The van der Waals surface area contributed by atoms with Crippen LogP contribution in [0.15, 0.2) is 24.9 Å². The Morgan fingerprint density at radius 2 is 1.79 bits per heavy atom. The first-order valence-corrected chi connectivity index (χ1v) is 14.6. The summed E-state index contributed by atoms with van der Waals surface area (Å²) in [6.45, 7) is 16.3. The number of benzene rings is 1. The first-order valence-electron chi connectivity index (χ1n) is 14.6. The van der Waals surface area contributed by atoms with Crippen LogP contribution in [-0.2, 0) is 17.8 Å². The van der Waals surface area contributed by atoms with Gasteiger partial charge in [0.05, 0.1) is 42.8 Å². The van der Waals surface area contributed by atoms with Crippen molar-refractivity contribution in [3.63, 3.8) is 0 Å². The highest BCUT2D eigenvalue weighted by atomic mass is 16.5. The zero-order chi connectivity index (χ0) is 30.2. The molecule has 0 unspecified atom stereocenters. The molecule has 0 bridgehead atoms. The molecule has 0 spiro atoms. The number of nitrogens with zero attached hydrogens (tertiary/aromatic N) is 8. The summed E-state index contributed by atoms with van der Waals surface area (Å²) in [4.78, 5) is 30.3. The van der Waals surface area contributed by atoms with Gasteiger partial charge in [-0.1, -0.05) is 6.58 Å². The van der Waals surface area contributed by atoms with Crippen molar-refractivity contribution < 1.29 is 9.53 Å². The molecule has 11 nitrogen and oxygen atoms in total. The summed E-state index contributed by atoms with van der Waals surface area (Å²) in [6, 6.07) is 4.28. The number of aromatic amines is 1. The van der Waals surface area contributed by atoms with Crippen LogP contribution in [0.2, 0.25) is 0 Å². The molecule has 5 heterocycles. The lowest BCUT2D eigenvalue weighted by Gasteiger charge is -2.38. The Labute approximate surface area is 248 Å². The lowest BCUT2D eigenvalue weighted by Crippen LogP contribution is -2.49. The lowest BCUT2D eigenvalue weighted by molar-refractivity contribution is -0.126. The molecule has 0 atom stereocenters. The maximum atomic E-state index is 12.0. The third-order valence-electron chi connectivity index (χ3n) is 8.15. The van der Waals surface area contributed by atoms with Gasteiger partial charge in [0.2, 0.25) is 5.91 Å². The van der Waals surface area contributed by atoms with Crippen molar-refractivity contribution in [1.82, 2.24) is 30.0 Å². The number of aryl methyl sites for hydroxylation is 1. The van der Waals surface area contributed by atoms with Crippen molar-refractivity contribution in [3.8, 4) is 12.1 Å². The van der Waals surface area contributed by atoms with Crippen LogP contribution >= 0.6 is 0 Å². The summed E-state index contributed by atoms with van der Waals surface area (Å²) in [6.07, 6.45) is 6.95. The van der Waals surface area contributed by atoms with Gasteiger partial charge in [-0.05, 0) is 76.5 Å². The van der Waals surface area contributed by atoms with E-state index >= 15 is 0 Å². The van der Waals surface area contributed by atoms with E-state index in [1.165, 1.54) is 61.3 Å². The van der Waals surface area contributed by atoms with Gasteiger partial charge in [-0.25, -0.2) is 0 Å². The fourth-order valence-corrected chi connectivity index (χ4v) is 5.79. The van der Waals surface area contributed by atoms with Crippen LogP contribution < -0.4 is 14.5 Å². The number of amides is 1. The number of piperazine rings is 1. The highest BCUT2D eigenvalue weighted by Gasteiger charge is 2.29. The Balaban J connectivity index is 0.000000390. The zero-order valence-electron chi connectivity index (χ0n) is 25.6. The van der Waals surface area contributed by atoms with Gasteiger partial charge in [-0.2, -0.15) is 20.3 Å². The van der Waals surface area contributed by atoms with Crippen LogP contribution in [0.1, 0.15) is 42.1 Å². The summed E-state index contributed by atoms with van der Waals surface area (Å²) < 4.78 is 5.47. The summed E-state index contributed by atoms with van der Waals surface area (Å²) in [7, 11) is 3.78. The van der Waals surface area contributed by atoms with Crippen molar-refractivity contribution in [3.05, 3.63) is 47.3 Å². The molecule has 2 aromatic heterocycles. The molecule has 3 aliphatic rings. The predicted octanol–water partition coefficient (Wildman–Crippen LogP) is 3.62. The number of aromatic nitrogens is 4. The Bertz CT molecular complexity index is 1430. The van der Waals surface area contributed by atoms with Gasteiger partial charge in [0, 0.05) is 50.6 Å². The van der Waals surface area contributed by atoms with Gasteiger partial charge < -0.3 is 24.3 Å². The molecule has 224 valence electrons. The van der Waals surface area contributed by atoms with E-state index in [1.54, 1.807) is 13.2 Å². The smallest absolute Gasteiger partial charge is 0.318 e. The van der Waals surface area contributed by atoms with E-state index in [-0.39, 0.29) is 5.91 Å². The Morgan fingerprint density at radius 1 is 1.10 bits per heavy atom. The number of hydrogen-bond donors (Lipinski definition) is 1. The molecule has 0 saturated carbocycles. The van der Waals surface area contributed by atoms with E-state index in [0.717, 1.165) is 48.5 Å². The second-order valence-electron chi connectivity index (χ2n) is 10.9. The van der Waals surface area contributed by atoms with Gasteiger partial charge in [0.15, 0.2) is 0 Å². The molecule has 2 fully saturated rings. The summed E-state index contributed by atoms with van der Waals surface area (Å²) >= 11 is 0. The second-order valence-corrected chi connectivity index (χ2v) is 10.9. The number of nitriles is 1. The third-order valence-corrected chi connectivity index (χ3v) is 8.15. The maximum absolute atomic E-state index is 12.0. The average Bonchev–Trinajstić information content (AvgIpc) is 3.68. The number of fused-ring (bicyclic) bond motifs is 2.